The quantitative estimate of drug-likeness (QED) is 0.879. The molecule has 0 aliphatic heterocycles. The smallest absolute Gasteiger partial charge is 0.283 e. The summed E-state index contributed by atoms with van der Waals surface area (Å²) < 4.78 is 7.19. The van der Waals surface area contributed by atoms with Gasteiger partial charge in [-0.25, -0.2) is 0 Å². The van der Waals surface area contributed by atoms with Gasteiger partial charge in [-0.15, -0.1) is 11.3 Å². The number of nitrogens with zero attached hydrogens (tertiary/aromatic N) is 2. The maximum atomic E-state index is 12.7. The van der Waals surface area contributed by atoms with Gasteiger partial charge in [0.15, 0.2) is 4.80 Å². The Morgan fingerprint density at radius 2 is 2.12 bits per heavy atom. The van der Waals surface area contributed by atoms with Gasteiger partial charge in [0.25, 0.3) is 5.91 Å². The molecule has 0 saturated carbocycles. The van der Waals surface area contributed by atoms with Gasteiger partial charge in [-0.1, -0.05) is 32.4 Å². The van der Waals surface area contributed by atoms with Gasteiger partial charge in [-0.3, -0.25) is 4.79 Å². The molecule has 0 unspecified atom stereocenters. The summed E-state index contributed by atoms with van der Waals surface area (Å²) in [6, 6.07) is 4.87. The van der Waals surface area contributed by atoms with Crippen LogP contribution >= 0.6 is 22.9 Å². The lowest BCUT2D eigenvalue weighted by molar-refractivity contribution is 0.0994. The van der Waals surface area contributed by atoms with Gasteiger partial charge in [-0.05, 0) is 30.5 Å². The molecular weight excluding hydrogens is 358 g/mol. The first kappa shape index (κ1) is 19.7. The van der Waals surface area contributed by atoms with Crippen molar-refractivity contribution < 1.29 is 9.53 Å². The summed E-state index contributed by atoms with van der Waals surface area (Å²) in [5, 5.41) is 0.462. The predicted molar refractivity (Wildman–Crippen MR) is 103 cm³/mol. The number of hydrogen-bond donors (Lipinski definition) is 1. The number of amides is 1. The first-order valence-electron chi connectivity index (χ1n) is 8.00. The zero-order chi connectivity index (χ0) is 18.8. The minimum Gasteiger partial charge on any atom is -0.496 e. The van der Waals surface area contributed by atoms with E-state index in [1.54, 1.807) is 18.2 Å². The number of aromatic nitrogens is 1. The van der Waals surface area contributed by atoms with Crippen molar-refractivity contribution in [2.75, 3.05) is 7.11 Å². The Kier molecular flexibility index (Phi) is 6.08. The van der Waals surface area contributed by atoms with E-state index in [0.717, 1.165) is 4.88 Å². The molecule has 0 fully saturated rings. The number of benzene rings is 1. The highest BCUT2D eigenvalue weighted by molar-refractivity contribution is 7.09. The third-order valence-corrected chi connectivity index (χ3v) is 5.21. The summed E-state index contributed by atoms with van der Waals surface area (Å²) >= 11 is 7.51. The molecule has 0 radical (unpaired) electrons. The van der Waals surface area contributed by atoms with Gasteiger partial charge in [0.2, 0.25) is 0 Å². The first-order chi connectivity index (χ1) is 11.6. The third kappa shape index (κ3) is 4.93. The number of rotatable bonds is 4. The van der Waals surface area contributed by atoms with E-state index in [9.17, 15) is 4.79 Å². The van der Waals surface area contributed by atoms with E-state index in [1.807, 2.05) is 17.7 Å². The molecule has 1 atom stereocenters. The van der Waals surface area contributed by atoms with Crippen molar-refractivity contribution in [1.29, 1.82) is 0 Å². The molecule has 2 N–H and O–H groups in total. The molecule has 136 valence electrons. The molecule has 1 amide bonds. The van der Waals surface area contributed by atoms with Crippen molar-refractivity contribution in [3.05, 3.63) is 44.7 Å². The van der Waals surface area contributed by atoms with Crippen LogP contribution in [0.4, 0.5) is 0 Å². The number of methoxy groups -OCH3 is 1. The zero-order valence-electron chi connectivity index (χ0n) is 15.2. The Balaban J connectivity index is 2.54. The van der Waals surface area contributed by atoms with E-state index in [2.05, 4.69) is 25.8 Å². The van der Waals surface area contributed by atoms with Gasteiger partial charge in [0.1, 0.15) is 5.75 Å². The Morgan fingerprint density at radius 3 is 2.68 bits per heavy atom. The number of nitrogens with two attached hydrogens (primary N) is 1. The topological polar surface area (TPSA) is 69.6 Å². The van der Waals surface area contributed by atoms with E-state index < -0.39 is 0 Å². The van der Waals surface area contributed by atoms with Gasteiger partial charge in [0.05, 0.1) is 12.7 Å². The number of ether oxygens (including phenoxy) is 1. The van der Waals surface area contributed by atoms with Crippen molar-refractivity contribution in [3.63, 3.8) is 0 Å². The minimum atomic E-state index is -0.389. The first-order valence-corrected chi connectivity index (χ1v) is 9.20. The van der Waals surface area contributed by atoms with Crippen molar-refractivity contribution in [3.8, 4) is 5.75 Å². The van der Waals surface area contributed by atoms with Gasteiger partial charge >= 0.3 is 0 Å². The molecular formula is C18H24ClN3O2S. The summed E-state index contributed by atoms with van der Waals surface area (Å²) in [6.45, 7) is 8.89. The van der Waals surface area contributed by atoms with Crippen molar-refractivity contribution in [2.24, 2.45) is 10.7 Å². The molecule has 0 bridgehead atoms. The fraction of sp³-hybridized carbons (Fsp3) is 0.444. The van der Waals surface area contributed by atoms with Crippen LogP contribution in [0.1, 0.15) is 42.9 Å². The summed E-state index contributed by atoms with van der Waals surface area (Å²) in [6.07, 6.45) is 2.02. The molecule has 2 aromatic rings. The van der Waals surface area contributed by atoms with Crippen LogP contribution < -0.4 is 15.3 Å². The average Bonchev–Trinajstić information content (AvgIpc) is 2.89. The van der Waals surface area contributed by atoms with Gasteiger partial charge in [0, 0.05) is 28.7 Å². The molecule has 5 nitrogen and oxygen atoms in total. The Hall–Kier alpha value is -1.63. The van der Waals surface area contributed by atoms with Crippen LogP contribution in [0.25, 0.3) is 0 Å². The van der Waals surface area contributed by atoms with Crippen LogP contribution in [0.15, 0.2) is 29.4 Å². The molecule has 1 aromatic carbocycles. The van der Waals surface area contributed by atoms with Crippen LogP contribution in [0.3, 0.4) is 0 Å². The third-order valence-electron chi connectivity index (χ3n) is 3.53. The molecule has 0 aliphatic carbocycles. The SMILES string of the molecule is COc1ccc(Cl)cc1C(=O)/N=c1\sc(C(C)(C)C)cn1C[C@@H](C)N. The van der Waals surface area contributed by atoms with Crippen LogP contribution in [-0.4, -0.2) is 23.6 Å². The highest BCUT2D eigenvalue weighted by Gasteiger charge is 2.19. The lowest BCUT2D eigenvalue weighted by atomic mass is 9.95. The van der Waals surface area contributed by atoms with Crippen LogP contribution in [0.2, 0.25) is 5.02 Å². The van der Waals surface area contributed by atoms with E-state index in [-0.39, 0.29) is 17.4 Å². The van der Waals surface area contributed by atoms with E-state index in [4.69, 9.17) is 22.1 Å². The van der Waals surface area contributed by atoms with Crippen molar-refractivity contribution in [1.82, 2.24) is 4.57 Å². The van der Waals surface area contributed by atoms with E-state index >= 15 is 0 Å². The molecule has 2 rings (SSSR count). The van der Waals surface area contributed by atoms with Crippen LogP contribution in [0.5, 0.6) is 5.75 Å². The monoisotopic (exact) mass is 381 g/mol. The second-order valence-corrected chi connectivity index (χ2v) is 8.46. The van der Waals surface area contributed by atoms with Gasteiger partial charge < -0.3 is 15.0 Å². The average molecular weight is 382 g/mol. The minimum absolute atomic E-state index is 0.0329. The summed E-state index contributed by atoms with van der Waals surface area (Å²) in [7, 11) is 1.51. The Labute approximate surface area is 157 Å². The number of halogens is 1. The number of carbonyl (C=O) groups is 1. The van der Waals surface area contributed by atoms with E-state index in [0.29, 0.717) is 27.7 Å². The molecule has 1 aromatic heterocycles. The second kappa shape index (κ2) is 7.72. The normalized spacial score (nSPS) is 13.8. The highest BCUT2D eigenvalue weighted by Crippen LogP contribution is 2.25. The fourth-order valence-corrected chi connectivity index (χ4v) is 3.48. The molecule has 0 aliphatic rings. The van der Waals surface area contributed by atoms with Gasteiger partial charge in [-0.2, -0.15) is 4.99 Å². The molecule has 7 heteroatoms. The highest BCUT2D eigenvalue weighted by atomic mass is 35.5. The maximum absolute atomic E-state index is 12.7. The second-order valence-electron chi connectivity index (χ2n) is 7.02. The van der Waals surface area contributed by atoms with Crippen LogP contribution in [0, 0.1) is 0 Å². The van der Waals surface area contributed by atoms with Crippen molar-refractivity contribution in [2.45, 2.75) is 45.7 Å². The molecule has 0 saturated heterocycles. The fourth-order valence-electron chi connectivity index (χ4n) is 2.25. The maximum Gasteiger partial charge on any atom is 0.283 e. The lowest BCUT2D eigenvalue weighted by Crippen LogP contribution is -2.27. The number of hydrogen-bond acceptors (Lipinski definition) is 4. The van der Waals surface area contributed by atoms with Crippen LogP contribution in [-0.2, 0) is 12.0 Å². The standard InChI is InChI=1S/C18H24ClN3O2S/c1-11(20)9-22-10-15(18(2,3)4)25-17(22)21-16(23)13-8-12(19)6-7-14(13)24-5/h6-8,10-11H,9,20H2,1-5H3/b21-17-/t11-/m1/s1. The zero-order valence-corrected chi connectivity index (χ0v) is 16.7. The van der Waals surface area contributed by atoms with Crippen molar-refractivity contribution >= 4 is 28.8 Å². The molecule has 1 heterocycles. The molecule has 0 spiro atoms. The number of thiazole rings is 1. The summed E-state index contributed by atoms with van der Waals surface area (Å²) in [5.74, 6) is 0.0598. The predicted octanol–water partition coefficient (Wildman–Crippen LogP) is 3.60. The summed E-state index contributed by atoms with van der Waals surface area (Å²) in [5.41, 5.74) is 6.25. The van der Waals surface area contributed by atoms with E-state index in [1.165, 1.54) is 18.4 Å². The number of carbonyl (C=O) groups excluding carboxylic acids is 1. The lowest BCUT2D eigenvalue weighted by Gasteiger charge is -2.14. The molecule has 25 heavy (non-hydrogen) atoms. The summed E-state index contributed by atoms with van der Waals surface area (Å²) in [4.78, 5) is 18.8. The Morgan fingerprint density at radius 1 is 1.44 bits per heavy atom. The largest absolute Gasteiger partial charge is 0.496 e. The Bertz CT molecular complexity index is 832.